The topological polar surface area (TPSA) is 38.7 Å². The molecule has 184 valence electrons. The van der Waals surface area contributed by atoms with E-state index >= 15 is 0 Å². The van der Waals surface area contributed by atoms with E-state index in [9.17, 15) is 5.11 Å². The highest BCUT2D eigenvalue weighted by Crippen LogP contribution is 2.42. The van der Waals surface area contributed by atoms with Gasteiger partial charge in [0.2, 0.25) is 0 Å². The highest BCUT2D eigenvalue weighted by atomic mass is 16.5. The smallest absolute Gasteiger partial charge is 0.135 e. The van der Waals surface area contributed by atoms with Crippen LogP contribution in [-0.2, 0) is 12.2 Å². The van der Waals surface area contributed by atoms with Crippen LogP contribution in [0.1, 0.15) is 23.6 Å². The minimum atomic E-state index is -1.25. The van der Waals surface area contributed by atoms with E-state index in [0.717, 1.165) is 39.1 Å². The normalized spacial score (nSPS) is 12.5. The molecule has 0 fully saturated rings. The maximum Gasteiger partial charge on any atom is 0.135 e. The van der Waals surface area contributed by atoms with Gasteiger partial charge >= 0.3 is 0 Å². The third kappa shape index (κ3) is 5.13. The molecule has 0 amide bonds. The van der Waals surface area contributed by atoms with E-state index in [-0.39, 0.29) is 0 Å². The highest BCUT2D eigenvalue weighted by Gasteiger charge is 2.29. The summed E-state index contributed by atoms with van der Waals surface area (Å²) in [7, 11) is 1.62. The molecule has 0 bridgehead atoms. The summed E-state index contributed by atoms with van der Waals surface area (Å²) >= 11 is 0. The second kappa shape index (κ2) is 10.7. The van der Waals surface area contributed by atoms with E-state index in [2.05, 4.69) is 48.5 Å². The first kappa shape index (κ1) is 24.4. The molecule has 37 heavy (non-hydrogen) atoms. The fourth-order valence-electron chi connectivity index (χ4n) is 4.69. The standard InChI is InChI=1S/C34H30O3/c1-34(35,31-21-9-10-22-32(31)36-2)28-18-11-17-27(23-28)30-20-12-19-29(26-15-7-4-8-16-26)33(30)37-24-25-13-5-3-6-14-25/h3-23,35H,24H2,1-2H3. The van der Waals surface area contributed by atoms with Crippen molar-refractivity contribution in [2.24, 2.45) is 0 Å². The van der Waals surface area contributed by atoms with Gasteiger partial charge in [-0.1, -0.05) is 115 Å². The van der Waals surface area contributed by atoms with Crippen molar-refractivity contribution in [2.45, 2.75) is 19.1 Å². The second-order valence-electron chi connectivity index (χ2n) is 9.18. The monoisotopic (exact) mass is 486 g/mol. The fraction of sp³-hybridized carbons (Fsp3) is 0.118. The van der Waals surface area contributed by atoms with Crippen LogP contribution in [0.15, 0.2) is 127 Å². The molecule has 0 aromatic heterocycles. The van der Waals surface area contributed by atoms with E-state index in [1.54, 1.807) is 14.0 Å². The number of hydrogen-bond donors (Lipinski definition) is 1. The lowest BCUT2D eigenvalue weighted by atomic mass is 9.85. The van der Waals surface area contributed by atoms with Crippen LogP contribution >= 0.6 is 0 Å². The summed E-state index contributed by atoms with van der Waals surface area (Å²) in [5.41, 5.74) is 5.39. The molecule has 0 aliphatic rings. The molecule has 5 aromatic rings. The van der Waals surface area contributed by atoms with Gasteiger partial charge < -0.3 is 14.6 Å². The van der Waals surface area contributed by atoms with Crippen molar-refractivity contribution in [3.05, 3.63) is 144 Å². The van der Waals surface area contributed by atoms with E-state index in [0.29, 0.717) is 17.9 Å². The molecule has 3 heteroatoms. The molecule has 1 N–H and O–H groups in total. The van der Waals surface area contributed by atoms with Crippen molar-refractivity contribution in [2.75, 3.05) is 7.11 Å². The van der Waals surface area contributed by atoms with Gasteiger partial charge in [0, 0.05) is 16.7 Å². The van der Waals surface area contributed by atoms with Gasteiger partial charge in [-0.3, -0.25) is 0 Å². The number of para-hydroxylation sites is 2. The lowest BCUT2D eigenvalue weighted by molar-refractivity contribution is 0.0990. The van der Waals surface area contributed by atoms with Gasteiger partial charge in [0.1, 0.15) is 23.7 Å². The lowest BCUT2D eigenvalue weighted by Crippen LogP contribution is -2.23. The Kier molecular flexibility index (Phi) is 7.07. The minimum Gasteiger partial charge on any atom is -0.496 e. The molecule has 1 atom stereocenters. The molecule has 5 rings (SSSR count). The molecule has 0 saturated heterocycles. The van der Waals surface area contributed by atoms with Crippen LogP contribution in [-0.4, -0.2) is 12.2 Å². The van der Waals surface area contributed by atoms with E-state index in [1.165, 1.54) is 0 Å². The summed E-state index contributed by atoms with van der Waals surface area (Å²) < 4.78 is 12.1. The van der Waals surface area contributed by atoms with Crippen molar-refractivity contribution in [1.82, 2.24) is 0 Å². The van der Waals surface area contributed by atoms with Crippen molar-refractivity contribution in [3.63, 3.8) is 0 Å². The zero-order valence-electron chi connectivity index (χ0n) is 21.1. The largest absolute Gasteiger partial charge is 0.496 e. The van der Waals surface area contributed by atoms with Crippen LogP contribution in [0.5, 0.6) is 11.5 Å². The lowest BCUT2D eigenvalue weighted by Gasteiger charge is -2.27. The fourth-order valence-corrected chi connectivity index (χ4v) is 4.69. The summed E-state index contributed by atoms with van der Waals surface area (Å²) in [6.45, 7) is 2.26. The highest BCUT2D eigenvalue weighted by molar-refractivity contribution is 5.82. The van der Waals surface area contributed by atoms with Gasteiger partial charge in [0.15, 0.2) is 0 Å². The SMILES string of the molecule is COc1ccccc1C(C)(O)c1cccc(-c2cccc(-c3ccccc3)c2OCc2ccccc2)c1. The van der Waals surface area contributed by atoms with Crippen molar-refractivity contribution >= 4 is 0 Å². The maximum absolute atomic E-state index is 11.7. The third-order valence-corrected chi connectivity index (χ3v) is 6.69. The first-order valence-corrected chi connectivity index (χ1v) is 12.4. The Balaban J connectivity index is 1.60. The molecule has 0 saturated carbocycles. The minimum absolute atomic E-state index is 0.455. The zero-order chi connectivity index (χ0) is 25.7. The Bertz CT molecular complexity index is 1470. The van der Waals surface area contributed by atoms with Gasteiger partial charge in [-0.15, -0.1) is 0 Å². The zero-order valence-corrected chi connectivity index (χ0v) is 21.1. The summed E-state index contributed by atoms with van der Waals surface area (Å²) in [4.78, 5) is 0. The number of methoxy groups -OCH3 is 1. The number of ether oxygens (including phenoxy) is 2. The van der Waals surface area contributed by atoms with Crippen LogP contribution < -0.4 is 9.47 Å². The average molecular weight is 487 g/mol. The van der Waals surface area contributed by atoms with Crippen LogP contribution in [0.25, 0.3) is 22.3 Å². The van der Waals surface area contributed by atoms with Crippen LogP contribution in [0, 0.1) is 0 Å². The summed E-state index contributed by atoms with van der Waals surface area (Å²) in [6.07, 6.45) is 0. The first-order chi connectivity index (χ1) is 18.1. The summed E-state index contributed by atoms with van der Waals surface area (Å²) in [6, 6.07) is 42.3. The molecular formula is C34H30O3. The average Bonchev–Trinajstić information content (AvgIpc) is 2.97. The van der Waals surface area contributed by atoms with Gasteiger partial charge in [0.25, 0.3) is 0 Å². The molecule has 0 radical (unpaired) electrons. The van der Waals surface area contributed by atoms with E-state index in [4.69, 9.17) is 9.47 Å². The molecule has 1 unspecified atom stereocenters. The quantitative estimate of drug-likeness (QED) is 0.243. The number of benzene rings is 5. The van der Waals surface area contributed by atoms with Gasteiger partial charge in [-0.2, -0.15) is 0 Å². The van der Waals surface area contributed by atoms with Crippen molar-refractivity contribution in [1.29, 1.82) is 0 Å². The van der Waals surface area contributed by atoms with E-state index < -0.39 is 5.60 Å². The first-order valence-electron chi connectivity index (χ1n) is 12.4. The van der Waals surface area contributed by atoms with Gasteiger partial charge in [0.05, 0.1) is 7.11 Å². The third-order valence-electron chi connectivity index (χ3n) is 6.69. The van der Waals surface area contributed by atoms with E-state index in [1.807, 2.05) is 78.9 Å². The molecule has 0 spiro atoms. The van der Waals surface area contributed by atoms with Gasteiger partial charge in [-0.05, 0) is 41.3 Å². The molecule has 5 aromatic carbocycles. The molecular weight excluding hydrogens is 456 g/mol. The summed E-state index contributed by atoms with van der Waals surface area (Å²) in [5, 5.41) is 11.7. The Morgan fingerprint density at radius 3 is 1.97 bits per heavy atom. The number of hydrogen-bond acceptors (Lipinski definition) is 3. The van der Waals surface area contributed by atoms with Crippen LogP contribution in [0.4, 0.5) is 0 Å². The Hall–Kier alpha value is -4.34. The Morgan fingerprint density at radius 2 is 1.24 bits per heavy atom. The predicted molar refractivity (Wildman–Crippen MR) is 150 cm³/mol. The number of aliphatic hydroxyl groups is 1. The van der Waals surface area contributed by atoms with Crippen molar-refractivity contribution in [3.8, 4) is 33.8 Å². The molecule has 0 heterocycles. The van der Waals surface area contributed by atoms with Crippen molar-refractivity contribution < 1.29 is 14.6 Å². The molecule has 3 nitrogen and oxygen atoms in total. The number of rotatable bonds is 8. The Labute approximate surface area is 218 Å². The Morgan fingerprint density at radius 1 is 0.649 bits per heavy atom. The maximum atomic E-state index is 11.7. The van der Waals surface area contributed by atoms with Crippen LogP contribution in [0.2, 0.25) is 0 Å². The molecule has 0 aliphatic heterocycles. The summed E-state index contributed by atoms with van der Waals surface area (Å²) in [5.74, 6) is 1.46. The molecule has 0 aliphatic carbocycles. The van der Waals surface area contributed by atoms with Gasteiger partial charge in [-0.25, -0.2) is 0 Å². The second-order valence-corrected chi connectivity index (χ2v) is 9.18. The predicted octanol–water partition coefficient (Wildman–Crippen LogP) is 7.86. The van der Waals surface area contributed by atoms with Crippen LogP contribution in [0.3, 0.4) is 0 Å².